The van der Waals surface area contributed by atoms with Crippen molar-refractivity contribution >= 4 is 10.1 Å². The van der Waals surface area contributed by atoms with Gasteiger partial charge in [-0.1, -0.05) is 30.3 Å². The molecule has 0 saturated carbocycles. The van der Waals surface area contributed by atoms with Crippen LogP contribution in [-0.4, -0.2) is 34.0 Å². The fourth-order valence-electron chi connectivity index (χ4n) is 2.74. The van der Waals surface area contributed by atoms with Gasteiger partial charge in [-0.25, -0.2) is 0 Å². The average Bonchev–Trinajstić information content (AvgIpc) is 2.66. The molecule has 0 amide bonds. The molecule has 1 saturated heterocycles. The first-order chi connectivity index (χ1) is 13.0. The van der Waals surface area contributed by atoms with E-state index in [2.05, 4.69) is 0 Å². The summed E-state index contributed by atoms with van der Waals surface area (Å²) in [6, 6.07) is 15.2. The quantitative estimate of drug-likeness (QED) is 0.642. The number of ether oxygens (including phenoxy) is 3. The molecule has 1 fully saturated rings. The minimum Gasteiger partial charge on any atom is -0.490 e. The Morgan fingerprint density at radius 1 is 1.04 bits per heavy atom. The van der Waals surface area contributed by atoms with Crippen LogP contribution >= 0.6 is 0 Å². The molecule has 2 aromatic rings. The van der Waals surface area contributed by atoms with Crippen LogP contribution in [-0.2, 0) is 32.3 Å². The summed E-state index contributed by atoms with van der Waals surface area (Å²) >= 11 is 0. The van der Waals surface area contributed by atoms with Gasteiger partial charge >= 0.3 is 0 Å². The van der Waals surface area contributed by atoms with Crippen molar-refractivity contribution < 1.29 is 26.8 Å². The van der Waals surface area contributed by atoms with Gasteiger partial charge in [0.25, 0.3) is 10.1 Å². The van der Waals surface area contributed by atoms with Gasteiger partial charge in [0.15, 0.2) is 0 Å². The van der Waals surface area contributed by atoms with Crippen LogP contribution in [0.5, 0.6) is 11.5 Å². The summed E-state index contributed by atoms with van der Waals surface area (Å²) in [6.45, 7) is 1.68. The highest BCUT2D eigenvalue weighted by Crippen LogP contribution is 2.29. The maximum atomic E-state index is 11.3. The molecule has 0 spiro atoms. The molecular formula is C20H24O6S. The second-order valence-corrected chi connectivity index (χ2v) is 8.08. The monoisotopic (exact) mass is 392 g/mol. The zero-order valence-electron chi connectivity index (χ0n) is 15.3. The average molecular weight is 392 g/mol. The minimum atomic E-state index is -3.54. The van der Waals surface area contributed by atoms with Crippen molar-refractivity contribution in [3.05, 3.63) is 59.7 Å². The number of hydrogen-bond acceptors (Lipinski definition) is 6. The first kappa shape index (κ1) is 19.7. The summed E-state index contributed by atoms with van der Waals surface area (Å²) in [5.41, 5.74) is 1.73. The molecular weight excluding hydrogens is 368 g/mol. The van der Waals surface area contributed by atoms with Crippen molar-refractivity contribution in [3.8, 4) is 11.5 Å². The summed E-state index contributed by atoms with van der Waals surface area (Å²) in [5, 5.41) is 0. The van der Waals surface area contributed by atoms with Gasteiger partial charge in [0.05, 0.1) is 26.1 Å². The molecule has 6 nitrogen and oxygen atoms in total. The molecule has 1 aliphatic rings. The van der Waals surface area contributed by atoms with Crippen molar-refractivity contribution in [2.24, 2.45) is 0 Å². The zero-order valence-corrected chi connectivity index (χ0v) is 16.1. The van der Waals surface area contributed by atoms with Crippen molar-refractivity contribution in [1.29, 1.82) is 0 Å². The molecule has 0 aliphatic carbocycles. The van der Waals surface area contributed by atoms with Crippen LogP contribution in [0.25, 0.3) is 0 Å². The molecule has 146 valence electrons. The van der Waals surface area contributed by atoms with Gasteiger partial charge in [-0.05, 0) is 17.7 Å². The second kappa shape index (κ2) is 9.21. The Bertz CT molecular complexity index is 829. The fourth-order valence-corrected chi connectivity index (χ4v) is 3.08. The van der Waals surface area contributed by atoms with E-state index in [9.17, 15) is 8.42 Å². The minimum absolute atomic E-state index is 0.0279. The van der Waals surface area contributed by atoms with Crippen LogP contribution in [0, 0.1) is 0 Å². The predicted octanol–water partition coefficient (Wildman–Crippen LogP) is 3.30. The van der Waals surface area contributed by atoms with E-state index in [1.165, 1.54) is 0 Å². The van der Waals surface area contributed by atoms with E-state index in [1.54, 1.807) is 18.2 Å². The lowest BCUT2D eigenvalue weighted by atomic mass is 10.1. The molecule has 0 bridgehead atoms. The maximum Gasteiger partial charge on any atom is 0.264 e. The Morgan fingerprint density at radius 3 is 2.48 bits per heavy atom. The smallest absolute Gasteiger partial charge is 0.264 e. The summed E-state index contributed by atoms with van der Waals surface area (Å²) < 4.78 is 44.9. The standard InChI is InChI=1S/C20H24O6S/c1-27(21,22)25-15-17-7-8-19(24-14-16-5-3-2-4-6-16)13-20(17)26-18-9-11-23-12-10-18/h2-8,13,18H,9-12,14-15H2,1H3. The summed E-state index contributed by atoms with van der Waals surface area (Å²) in [4.78, 5) is 0. The van der Waals surface area contributed by atoms with Crippen LogP contribution in [0.15, 0.2) is 48.5 Å². The lowest BCUT2D eigenvalue weighted by molar-refractivity contribution is 0.0248. The first-order valence-electron chi connectivity index (χ1n) is 8.88. The third-order valence-electron chi connectivity index (χ3n) is 4.18. The van der Waals surface area contributed by atoms with Crippen LogP contribution in [0.4, 0.5) is 0 Å². The highest BCUT2D eigenvalue weighted by molar-refractivity contribution is 7.85. The molecule has 0 N–H and O–H groups in total. The molecule has 1 aliphatic heterocycles. The number of rotatable bonds is 8. The molecule has 7 heteroatoms. The van der Waals surface area contributed by atoms with E-state index in [1.807, 2.05) is 30.3 Å². The Hall–Kier alpha value is -2.09. The van der Waals surface area contributed by atoms with Crippen molar-refractivity contribution in [2.75, 3.05) is 19.5 Å². The lowest BCUT2D eigenvalue weighted by Gasteiger charge is -2.25. The van der Waals surface area contributed by atoms with Gasteiger partial charge in [0.2, 0.25) is 0 Å². The second-order valence-electron chi connectivity index (χ2n) is 6.44. The normalized spacial score (nSPS) is 15.4. The van der Waals surface area contributed by atoms with Crippen LogP contribution in [0.2, 0.25) is 0 Å². The fraction of sp³-hybridized carbons (Fsp3) is 0.400. The summed E-state index contributed by atoms with van der Waals surface area (Å²) in [6.07, 6.45) is 2.65. The third-order valence-corrected chi connectivity index (χ3v) is 4.72. The Balaban J connectivity index is 1.73. The van der Waals surface area contributed by atoms with Gasteiger partial charge in [-0.2, -0.15) is 8.42 Å². The highest BCUT2D eigenvalue weighted by atomic mass is 32.2. The van der Waals surface area contributed by atoms with E-state index in [0.29, 0.717) is 36.9 Å². The SMILES string of the molecule is CS(=O)(=O)OCc1ccc(OCc2ccccc2)cc1OC1CCOCC1. The van der Waals surface area contributed by atoms with Gasteiger partial charge in [0.1, 0.15) is 24.2 Å². The largest absolute Gasteiger partial charge is 0.490 e. The first-order valence-corrected chi connectivity index (χ1v) is 10.7. The van der Waals surface area contributed by atoms with E-state index >= 15 is 0 Å². The zero-order chi connectivity index (χ0) is 19.1. The third kappa shape index (κ3) is 6.53. The molecule has 3 rings (SSSR count). The molecule has 27 heavy (non-hydrogen) atoms. The highest BCUT2D eigenvalue weighted by Gasteiger charge is 2.18. The van der Waals surface area contributed by atoms with Gasteiger partial charge in [-0.3, -0.25) is 4.18 Å². The van der Waals surface area contributed by atoms with Crippen molar-refractivity contribution in [3.63, 3.8) is 0 Å². The maximum absolute atomic E-state index is 11.3. The van der Waals surface area contributed by atoms with E-state index in [-0.39, 0.29) is 12.7 Å². The summed E-state index contributed by atoms with van der Waals surface area (Å²) in [5.74, 6) is 1.24. The topological polar surface area (TPSA) is 71.1 Å². The van der Waals surface area contributed by atoms with Crippen molar-refractivity contribution in [1.82, 2.24) is 0 Å². The number of benzene rings is 2. The Labute approximate surface area is 160 Å². The Kier molecular flexibility index (Phi) is 6.71. The predicted molar refractivity (Wildman–Crippen MR) is 101 cm³/mol. The summed E-state index contributed by atoms with van der Waals surface area (Å²) in [7, 11) is -3.54. The van der Waals surface area contributed by atoms with Gasteiger partial charge < -0.3 is 14.2 Å². The van der Waals surface area contributed by atoms with E-state index in [4.69, 9.17) is 18.4 Å². The van der Waals surface area contributed by atoms with Gasteiger partial charge in [0, 0.05) is 24.5 Å². The van der Waals surface area contributed by atoms with Gasteiger partial charge in [-0.15, -0.1) is 0 Å². The molecule has 0 atom stereocenters. The van der Waals surface area contributed by atoms with Crippen molar-refractivity contribution in [2.45, 2.75) is 32.2 Å². The van der Waals surface area contributed by atoms with E-state index in [0.717, 1.165) is 24.7 Å². The molecule has 0 aromatic heterocycles. The molecule has 2 aromatic carbocycles. The molecule has 0 unspecified atom stereocenters. The van der Waals surface area contributed by atoms with Crippen LogP contribution in [0.3, 0.4) is 0 Å². The van der Waals surface area contributed by atoms with Crippen LogP contribution < -0.4 is 9.47 Å². The van der Waals surface area contributed by atoms with Crippen LogP contribution in [0.1, 0.15) is 24.0 Å². The Morgan fingerprint density at radius 2 is 1.78 bits per heavy atom. The molecule has 1 heterocycles. The van der Waals surface area contributed by atoms with E-state index < -0.39 is 10.1 Å². The number of hydrogen-bond donors (Lipinski definition) is 0. The lowest BCUT2D eigenvalue weighted by Crippen LogP contribution is -2.26. The molecule has 0 radical (unpaired) electrons.